The Morgan fingerprint density at radius 3 is 2.37 bits per heavy atom. The predicted molar refractivity (Wildman–Crippen MR) is 75.2 cm³/mol. The van der Waals surface area contributed by atoms with Crippen LogP contribution in [0.3, 0.4) is 0 Å². The molecule has 0 heterocycles. The molecule has 0 saturated carbocycles. The fourth-order valence-electron chi connectivity index (χ4n) is 1.81. The van der Waals surface area contributed by atoms with Crippen LogP contribution in [-0.2, 0) is 15.0 Å². The minimum atomic E-state index is -0.959. The zero-order valence-corrected chi connectivity index (χ0v) is 11.9. The normalized spacial score (nSPS) is 12.8. The predicted octanol–water partition coefficient (Wildman–Crippen LogP) is 3.03. The average molecular weight is 263 g/mol. The monoisotopic (exact) mass is 263 g/mol. The molecule has 1 rings (SSSR count). The van der Waals surface area contributed by atoms with E-state index in [1.54, 1.807) is 0 Å². The molecule has 1 atom stereocenters. The van der Waals surface area contributed by atoms with Crippen molar-refractivity contribution >= 4 is 17.6 Å². The summed E-state index contributed by atoms with van der Waals surface area (Å²) in [6.07, 6.45) is -0.0200. The molecule has 4 nitrogen and oxygen atoms in total. The van der Waals surface area contributed by atoms with Crippen LogP contribution in [0.2, 0.25) is 0 Å². The summed E-state index contributed by atoms with van der Waals surface area (Å²) in [7, 11) is 0. The van der Waals surface area contributed by atoms with Gasteiger partial charge in [-0.2, -0.15) is 0 Å². The first-order chi connectivity index (χ1) is 8.71. The van der Waals surface area contributed by atoms with Crippen molar-refractivity contribution in [1.29, 1.82) is 0 Å². The zero-order valence-electron chi connectivity index (χ0n) is 11.9. The first-order valence-electron chi connectivity index (χ1n) is 6.34. The Hall–Kier alpha value is -1.84. The van der Waals surface area contributed by atoms with Gasteiger partial charge in [0.15, 0.2) is 0 Å². The molecule has 1 amide bonds. The zero-order chi connectivity index (χ0) is 14.6. The molecular formula is C15H21NO3. The highest BCUT2D eigenvalue weighted by atomic mass is 16.4. The van der Waals surface area contributed by atoms with Crippen molar-refractivity contribution in [3.8, 4) is 0 Å². The molecule has 0 aliphatic rings. The lowest BCUT2D eigenvalue weighted by molar-refractivity contribution is -0.142. The van der Waals surface area contributed by atoms with E-state index in [9.17, 15) is 9.59 Å². The Kier molecular flexibility index (Phi) is 4.70. The van der Waals surface area contributed by atoms with Gasteiger partial charge in [-0.05, 0) is 17.0 Å². The average Bonchev–Trinajstić information content (AvgIpc) is 2.27. The topological polar surface area (TPSA) is 66.4 Å². The summed E-state index contributed by atoms with van der Waals surface area (Å²) in [5.74, 6) is -1.91. The maximum atomic E-state index is 11.8. The van der Waals surface area contributed by atoms with E-state index in [0.29, 0.717) is 0 Å². The summed E-state index contributed by atoms with van der Waals surface area (Å²) >= 11 is 0. The molecule has 104 valence electrons. The van der Waals surface area contributed by atoms with Crippen LogP contribution in [-0.4, -0.2) is 17.0 Å². The van der Waals surface area contributed by atoms with Gasteiger partial charge in [-0.3, -0.25) is 9.59 Å². The number of para-hydroxylation sites is 1. The van der Waals surface area contributed by atoms with Crippen molar-refractivity contribution in [2.75, 3.05) is 5.32 Å². The van der Waals surface area contributed by atoms with E-state index in [1.165, 1.54) is 6.92 Å². The maximum absolute atomic E-state index is 11.8. The quantitative estimate of drug-likeness (QED) is 0.877. The van der Waals surface area contributed by atoms with E-state index in [0.717, 1.165) is 11.3 Å². The number of hydrogen-bond acceptors (Lipinski definition) is 2. The molecule has 4 heteroatoms. The smallest absolute Gasteiger partial charge is 0.306 e. The molecule has 0 aromatic heterocycles. The molecule has 0 spiro atoms. The van der Waals surface area contributed by atoms with Gasteiger partial charge in [0.1, 0.15) is 0 Å². The number of rotatable bonds is 4. The molecule has 0 radical (unpaired) electrons. The van der Waals surface area contributed by atoms with Crippen LogP contribution in [0.4, 0.5) is 5.69 Å². The van der Waals surface area contributed by atoms with Gasteiger partial charge in [0.25, 0.3) is 0 Å². The van der Waals surface area contributed by atoms with Crippen molar-refractivity contribution in [2.45, 2.75) is 39.5 Å². The molecule has 1 aromatic rings. The number of hydrogen-bond donors (Lipinski definition) is 2. The second-order valence-corrected chi connectivity index (χ2v) is 5.79. The summed E-state index contributed by atoms with van der Waals surface area (Å²) in [6.45, 7) is 7.73. The first kappa shape index (κ1) is 15.2. The van der Waals surface area contributed by atoms with E-state index in [2.05, 4.69) is 26.1 Å². The number of carbonyl (C=O) groups is 2. The number of carboxylic acid groups (broad SMARTS) is 1. The molecule has 1 aromatic carbocycles. The molecule has 19 heavy (non-hydrogen) atoms. The maximum Gasteiger partial charge on any atom is 0.306 e. The molecular weight excluding hydrogens is 242 g/mol. The lowest BCUT2D eigenvalue weighted by Crippen LogP contribution is -2.22. The third-order valence-electron chi connectivity index (χ3n) is 2.92. The van der Waals surface area contributed by atoms with Gasteiger partial charge >= 0.3 is 5.97 Å². The second kappa shape index (κ2) is 5.87. The van der Waals surface area contributed by atoms with Crippen molar-refractivity contribution in [1.82, 2.24) is 0 Å². The Bertz CT molecular complexity index is 475. The van der Waals surface area contributed by atoms with E-state index < -0.39 is 11.9 Å². The van der Waals surface area contributed by atoms with Crippen LogP contribution in [0, 0.1) is 5.92 Å². The first-order valence-corrected chi connectivity index (χ1v) is 6.34. The van der Waals surface area contributed by atoms with Gasteiger partial charge < -0.3 is 10.4 Å². The third kappa shape index (κ3) is 4.39. The lowest BCUT2D eigenvalue weighted by atomic mass is 9.86. The van der Waals surface area contributed by atoms with E-state index >= 15 is 0 Å². The molecule has 0 fully saturated rings. The van der Waals surface area contributed by atoms with E-state index in [4.69, 9.17) is 5.11 Å². The highest BCUT2D eigenvalue weighted by molar-refractivity contribution is 5.93. The van der Waals surface area contributed by atoms with Gasteiger partial charge in [-0.1, -0.05) is 45.9 Å². The molecule has 0 aliphatic carbocycles. The van der Waals surface area contributed by atoms with Crippen LogP contribution in [0.5, 0.6) is 0 Å². The summed E-state index contributed by atoms with van der Waals surface area (Å²) in [5, 5.41) is 11.6. The SMILES string of the molecule is CC(CC(=O)Nc1ccccc1C(C)(C)C)C(=O)O. The van der Waals surface area contributed by atoms with Gasteiger partial charge in [-0.15, -0.1) is 0 Å². The summed E-state index contributed by atoms with van der Waals surface area (Å²) in [6, 6.07) is 7.59. The molecule has 0 bridgehead atoms. The Morgan fingerprint density at radius 2 is 1.84 bits per heavy atom. The summed E-state index contributed by atoms with van der Waals surface area (Å²) in [5.41, 5.74) is 1.70. The van der Waals surface area contributed by atoms with E-state index in [-0.39, 0.29) is 17.7 Å². The van der Waals surface area contributed by atoms with Crippen LogP contribution < -0.4 is 5.32 Å². The van der Waals surface area contributed by atoms with Crippen LogP contribution in [0.25, 0.3) is 0 Å². The second-order valence-electron chi connectivity index (χ2n) is 5.79. The number of aliphatic carboxylic acids is 1. The minimum Gasteiger partial charge on any atom is -0.481 e. The highest BCUT2D eigenvalue weighted by Gasteiger charge is 2.20. The van der Waals surface area contributed by atoms with Crippen LogP contribution >= 0.6 is 0 Å². The van der Waals surface area contributed by atoms with E-state index in [1.807, 2.05) is 24.3 Å². The summed E-state index contributed by atoms with van der Waals surface area (Å²) in [4.78, 5) is 22.6. The number of carboxylic acids is 1. The fraction of sp³-hybridized carbons (Fsp3) is 0.467. The Balaban J connectivity index is 2.83. The fourth-order valence-corrected chi connectivity index (χ4v) is 1.81. The largest absolute Gasteiger partial charge is 0.481 e. The number of benzene rings is 1. The van der Waals surface area contributed by atoms with Crippen molar-refractivity contribution < 1.29 is 14.7 Å². The van der Waals surface area contributed by atoms with Crippen LogP contribution in [0.1, 0.15) is 39.7 Å². The number of nitrogens with one attached hydrogen (secondary N) is 1. The number of amides is 1. The third-order valence-corrected chi connectivity index (χ3v) is 2.92. The van der Waals surface area contributed by atoms with Gasteiger partial charge in [0.2, 0.25) is 5.91 Å². The van der Waals surface area contributed by atoms with Crippen molar-refractivity contribution in [3.05, 3.63) is 29.8 Å². The van der Waals surface area contributed by atoms with Gasteiger partial charge in [0.05, 0.1) is 5.92 Å². The number of anilines is 1. The molecule has 0 aliphatic heterocycles. The molecule has 0 saturated heterocycles. The standard InChI is InChI=1S/C15H21NO3/c1-10(14(18)19)9-13(17)16-12-8-6-5-7-11(12)15(2,3)4/h5-8,10H,9H2,1-4H3,(H,16,17)(H,18,19). The molecule has 2 N–H and O–H groups in total. The minimum absolute atomic E-state index is 0.0200. The van der Waals surface area contributed by atoms with Crippen LogP contribution in [0.15, 0.2) is 24.3 Å². The lowest BCUT2D eigenvalue weighted by Gasteiger charge is -2.23. The molecule has 1 unspecified atom stereocenters. The highest BCUT2D eigenvalue weighted by Crippen LogP contribution is 2.29. The number of carbonyl (C=O) groups excluding carboxylic acids is 1. The van der Waals surface area contributed by atoms with Gasteiger partial charge in [-0.25, -0.2) is 0 Å². The Morgan fingerprint density at radius 1 is 1.26 bits per heavy atom. The Labute approximate surface area is 113 Å². The van der Waals surface area contributed by atoms with Crippen molar-refractivity contribution in [2.24, 2.45) is 5.92 Å². The van der Waals surface area contributed by atoms with Gasteiger partial charge in [0, 0.05) is 12.1 Å². The summed E-state index contributed by atoms with van der Waals surface area (Å²) < 4.78 is 0. The van der Waals surface area contributed by atoms with Crippen molar-refractivity contribution in [3.63, 3.8) is 0 Å².